The molecule has 2 aromatic rings. The minimum Gasteiger partial charge on any atom is -0.476 e. The third-order valence-corrected chi connectivity index (χ3v) is 2.96. The highest BCUT2D eigenvalue weighted by Gasteiger charge is 2.16. The minimum atomic E-state index is -1.15. The second-order valence-corrected chi connectivity index (χ2v) is 4.08. The van der Waals surface area contributed by atoms with Crippen LogP contribution in [-0.2, 0) is 6.54 Å². The van der Waals surface area contributed by atoms with E-state index in [1.54, 1.807) is 13.0 Å². The van der Waals surface area contributed by atoms with Crippen LogP contribution in [0.5, 0.6) is 0 Å². The van der Waals surface area contributed by atoms with Gasteiger partial charge in [-0.05, 0) is 18.6 Å². The van der Waals surface area contributed by atoms with Gasteiger partial charge < -0.3 is 5.11 Å². The molecule has 1 aromatic heterocycles. The van der Waals surface area contributed by atoms with E-state index < -0.39 is 11.8 Å². The second-order valence-electron chi connectivity index (χ2n) is 3.70. The Bertz CT molecular complexity index is 612. The molecule has 0 bridgehead atoms. The normalized spacial score (nSPS) is 10.6. The van der Waals surface area contributed by atoms with Gasteiger partial charge in [-0.3, -0.25) is 0 Å². The molecule has 0 saturated carbocycles. The van der Waals surface area contributed by atoms with E-state index in [1.165, 1.54) is 16.8 Å². The standard InChI is InChI=1S/C11H9ClFN3O2/c1-6-10(11(17)18)14-15-16(6)5-7-3-2-4-8(13)9(7)12/h2-4H,5H2,1H3,(H,17,18). The lowest BCUT2D eigenvalue weighted by molar-refractivity contribution is 0.0689. The van der Waals surface area contributed by atoms with Crippen LogP contribution in [-0.4, -0.2) is 26.1 Å². The molecule has 2 rings (SSSR count). The van der Waals surface area contributed by atoms with Crippen molar-refractivity contribution in [3.63, 3.8) is 0 Å². The first-order chi connectivity index (χ1) is 8.50. The molecule has 1 heterocycles. The summed E-state index contributed by atoms with van der Waals surface area (Å²) < 4.78 is 14.6. The van der Waals surface area contributed by atoms with Crippen LogP contribution in [0.2, 0.25) is 5.02 Å². The van der Waals surface area contributed by atoms with Crippen molar-refractivity contribution in [1.82, 2.24) is 15.0 Å². The van der Waals surface area contributed by atoms with Crippen LogP contribution in [0, 0.1) is 12.7 Å². The number of nitrogens with zero attached hydrogens (tertiary/aromatic N) is 3. The average Bonchev–Trinajstić information content (AvgIpc) is 2.67. The average molecular weight is 270 g/mol. The Morgan fingerprint density at radius 1 is 1.56 bits per heavy atom. The lowest BCUT2D eigenvalue weighted by Gasteiger charge is -2.06. The molecule has 0 atom stereocenters. The number of carboxylic acids is 1. The highest BCUT2D eigenvalue weighted by molar-refractivity contribution is 6.31. The van der Waals surface area contributed by atoms with E-state index in [9.17, 15) is 9.18 Å². The lowest BCUT2D eigenvalue weighted by atomic mass is 10.2. The molecule has 0 saturated heterocycles. The van der Waals surface area contributed by atoms with Crippen LogP contribution in [0.4, 0.5) is 4.39 Å². The molecule has 0 unspecified atom stereocenters. The van der Waals surface area contributed by atoms with Crippen molar-refractivity contribution in [3.05, 3.63) is 46.0 Å². The van der Waals surface area contributed by atoms with Gasteiger partial charge in [0.25, 0.3) is 0 Å². The smallest absolute Gasteiger partial charge is 0.358 e. The van der Waals surface area contributed by atoms with Crippen molar-refractivity contribution < 1.29 is 14.3 Å². The van der Waals surface area contributed by atoms with Gasteiger partial charge in [-0.25, -0.2) is 13.9 Å². The highest BCUT2D eigenvalue weighted by Crippen LogP contribution is 2.20. The van der Waals surface area contributed by atoms with Gasteiger partial charge in [-0.15, -0.1) is 5.10 Å². The van der Waals surface area contributed by atoms with E-state index in [0.717, 1.165) is 0 Å². The van der Waals surface area contributed by atoms with Gasteiger partial charge in [0, 0.05) is 0 Å². The zero-order valence-electron chi connectivity index (χ0n) is 9.39. The molecule has 0 aliphatic rings. The van der Waals surface area contributed by atoms with Crippen LogP contribution in [0.1, 0.15) is 21.7 Å². The minimum absolute atomic E-state index is 0.00396. The Hall–Kier alpha value is -1.95. The molecule has 0 aliphatic carbocycles. The van der Waals surface area contributed by atoms with Crippen molar-refractivity contribution in [2.45, 2.75) is 13.5 Å². The molecule has 1 N–H and O–H groups in total. The number of rotatable bonds is 3. The first-order valence-electron chi connectivity index (χ1n) is 5.07. The fourth-order valence-electron chi connectivity index (χ4n) is 1.54. The molecule has 94 valence electrons. The summed E-state index contributed by atoms with van der Waals surface area (Å²) in [6.07, 6.45) is 0. The molecule has 0 radical (unpaired) electrons. The summed E-state index contributed by atoms with van der Waals surface area (Å²) in [5.41, 5.74) is 0.784. The number of benzene rings is 1. The second kappa shape index (κ2) is 4.73. The van der Waals surface area contributed by atoms with Crippen molar-refractivity contribution >= 4 is 17.6 Å². The SMILES string of the molecule is Cc1c(C(=O)O)nnn1Cc1cccc(F)c1Cl. The van der Waals surface area contributed by atoms with E-state index in [0.29, 0.717) is 11.3 Å². The van der Waals surface area contributed by atoms with Gasteiger partial charge in [-0.2, -0.15) is 0 Å². The summed E-state index contributed by atoms with van der Waals surface area (Å²) in [6.45, 7) is 1.75. The highest BCUT2D eigenvalue weighted by atomic mass is 35.5. The van der Waals surface area contributed by atoms with Crippen molar-refractivity contribution in [2.24, 2.45) is 0 Å². The fourth-order valence-corrected chi connectivity index (χ4v) is 1.73. The van der Waals surface area contributed by atoms with E-state index in [4.69, 9.17) is 16.7 Å². The van der Waals surface area contributed by atoms with Gasteiger partial charge in [0.2, 0.25) is 0 Å². The van der Waals surface area contributed by atoms with Gasteiger partial charge in [0.05, 0.1) is 17.3 Å². The lowest BCUT2D eigenvalue weighted by Crippen LogP contribution is -2.06. The third-order valence-electron chi connectivity index (χ3n) is 2.54. The largest absolute Gasteiger partial charge is 0.476 e. The van der Waals surface area contributed by atoms with E-state index in [1.807, 2.05) is 0 Å². The van der Waals surface area contributed by atoms with Crippen molar-refractivity contribution in [2.75, 3.05) is 0 Å². The Labute approximate surface area is 107 Å². The van der Waals surface area contributed by atoms with Crippen molar-refractivity contribution in [3.8, 4) is 0 Å². The number of aromatic carboxylic acids is 1. The van der Waals surface area contributed by atoms with E-state index in [-0.39, 0.29) is 17.3 Å². The first kappa shape index (κ1) is 12.5. The first-order valence-corrected chi connectivity index (χ1v) is 5.44. The summed E-state index contributed by atoms with van der Waals surface area (Å²) in [7, 11) is 0. The Morgan fingerprint density at radius 2 is 2.28 bits per heavy atom. The summed E-state index contributed by atoms with van der Waals surface area (Å²) in [5, 5.41) is 16.1. The zero-order valence-corrected chi connectivity index (χ0v) is 10.1. The maximum atomic E-state index is 13.2. The van der Waals surface area contributed by atoms with Crippen LogP contribution < -0.4 is 0 Å². The number of halogens is 2. The van der Waals surface area contributed by atoms with Gasteiger partial charge in [-0.1, -0.05) is 28.9 Å². The van der Waals surface area contributed by atoms with E-state index >= 15 is 0 Å². The molecule has 5 nitrogen and oxygen atoms in total. The maximum Gasteiger partial charge on any atom is 0.358 e. The van der Waals surface area contributed by atoms with Gasteiger partial charge in [0.15, 0.2) is 5.69 Å². The molecule has 7 heteroatoms. The predicted molar refractivity (Wildman–Crippen MR) is 62.2 cm³/mol. The molecule has 1 aromatic carbocycles. The molecular weight excluding hydrogens is 261 g/mol. The summed E-state index contributed by atoms with van der Waals surface area (Å²) >= 11 is 5.81. The topological polar surface area (TPSA) is 68.0 Å². The van der Waals surface area contributed by atoms with Crippen LogP contribution in [0.25, 0.3) is 0 Å². The van der Waals surface area contributed by atoms with Crippen LogP contribution in [0.3, 0.4) is 0 Å². The maximum absolute atomic E-state index is 13.2. The number of hydrogen-bond acceptors (Lipinski definition) is 3. The van der Waals surface area contributed by atoms with Crippen LogP contribution >= 0.6 is 11.6 Å². The van der Waals surface area contributed by atoms with Gasteiger partial charge >= 0.3 is 5.97 Å². The molecule has 0 amide bonds. The number of aromatic nitrogens is 3. The predicted octanol–water partition coefficient (Wildman–Crippen LogP) is 2.13. The Balaban J connectivity index is 2.35. The molecular formula is C11H9ClFN3O2. The van der Waals surface area contributed by atoms with Gasteiger partial charge in [0.1, 0.15) is 5.82 Å². The Kier molecular flexibility index (Phi) is 3.29. The molecule has 18 heavy (non-hydrogen) atoms. The monoisotopic (exact) mass is 269 g/mol. The summed E-state index contributed by atoms with van der Waals surface area (Å²) in [5.74, 6) is -1.67. The fraction of sp³-hybridized carbons (Fsp3) is 0.182. The number of carbonyl (C=O) groups is 1. The Morgan fingerprint density at radius 3 is 2.89 bits per heavy atom. The molecule has 0 spiro atoms. The van der Waals surface area contributed by atoms with E-state index in [2.05, 4.69) is 10.3 Å². The zero-order chi connectivity index (χ0) is 13.3. The summed E-state index contributed by atoms with van der Waals surface area (Å²) in [6, 6.07) is 4.43. The number of carboxylic acid groups (broad SMARTS) is 1. The quantitative estimate of drug-likeness (QED) is 0.927. The molecule has 0 fully saturated rings. The molecule has 0 aliphatic heterocycles. The number of hydrogen-bond donors (Lipinski definition) is 1. The van der Waals surface area contributed by atoms with Crippen molar-refractivity contribution in [1.29, 1.82) is 0 Å². The third kappa shape index (κ3) is 2.19. The summed E-state index contributed by atoms with van der Waals surface area (Å²) in [4.78, 5) is 10.8. The van der Waals surface area contributed by atoms with Crippen LogP contribution in [0.15, 0.2) is 18.2 Å².